The Balaban J connectivity index is 1.89. The first-order valence-corrected chi connectivity index (χ1v) is 8.46. The van der Waals surface area contributed by atoms with Crippen LogP contribution in [0.5, 0.6) is 0 Å². The van der Waals surface area contributed by atoms with E-state index >= 15 is 0 Å². The molecule has 2 nitrogen and oxygen atoms in total. The van der Waals surface area contributed by atoms with Gasteiger partial charge in [-0.05, 0) is 42.2 Å². The van der Waals surface area contributed by atoms with Crippen LogP contribution in [0.1, 0.15) is 33.9 Å². The molecule has 0 N–H and O–H groups in total. The number of carbonyl (C=O) groups excluding carboxylic acids is 1. The van der Waals surface area contributed by atoms with Crippen molar-refractivity contribution in [1.29, 1.82) is 0 Å². The van der Waals surface area contributed by atoms with Gasteiger partial charge < -0.3 is 4.90 Å². The lowest BCUT2D eigenvalue weighted by molar-refractivity contribution is 0.0730. The summed E-state index contributed by atoms with van der Waals surface area (Å²) >= 11 is 6.88. The van der Waals surface area contributed by atoms with E-state index in [-0.39, 0.29) is 11.9 Å². The fourth-order valence-corrected chi connectivity index (χ4v) is 4.25. The molecule has 0 saturated heterocycles. The van der Waals surface area contributed by atoms with Crippen LogP contribution in [0, 0.1) is 0 Å². The molecule has 0 fully saturated rings. The van der Waals surface area contributed by atoms with E-state index in [4.69, 9.17) is 0 Å². The minimum absolute atomic E-state index is 0.0544. The van der Waals surface area contributed by atoms with E-state index < -0.39 is 0 Å². The second-order valence-corrected chi connectivity index (χ2v) is 7.16. The normalized spacial score (nSPS) is 16.6. The Hall–Kier alpha value is -1.13. The van der Waals surface area contributed by atoms with Crippen LogP contribution in [0.4, 0.5) is 0 Å². The van der Waals surface area contributed by atoms with Gasteiger partial charge in [-0.3, -0.25) is 4.79 Å². The van der Waals surface area contributed by atoms with Crippen LogP contribution >= 0.6 is 31.9 Å². The van der Waals surface area contributed by atoms with Crippen molar-refractivity contribution in [2.45, 2.75) is 18.9 Å². The van der Waals surface area contributed by atoms with Crippen molar-refractivity contribution in [2.24, 2.45) is 0 Å². The average Bonchev–Trinajstić information content (AvgIpc) is 2.88. The van der Waals surface area contributed by atoms with Gasteiger partial charge in [-0.25, -0.2) is 0 Å². The van der Waals surface area contributed by atoms with Crippen molar-refractivity contribution in [2.75, 3.05) is 7.05 Å². The number of hydrogen-bond acceptors (Lipinski definition) is 1. The summed E-state index contributed by atoms with van der Waals surface area (Å²) in [7, 11) is 1.89. The van der Waals surface area contributed by atoms with E-state index in [2.05, 4.69) is 50.1 Å². The molecule has 1 atom stereocenters. The van der Waals surface area contributed by atoms with Crippen LogP contribution in [0.2, 0.25) is 0 Å². The Morgan fingerprint density at radius 3 is 2.52 bits per heavy atom. The van der Waals surface area contributed by atoms with Gasteiger partial charge in [0.2, 0.25) is 0 Å². The summed E-state index contributed by atoms with van der Waals surface area (Å²) in [4.78, 5) is 14.6. The number of halogens is 2. The summed E-state index contributed by atoms with van der Waals surface area (Å²) in [6.45, 7) is 0. The highest BCUT2D eigenvalue weighted by atomic mass is 79.9. The molecule has 1 amide bonds. The van der Waals surface area contributed by atoms with Crippen molar-refractivity contribution in [1.82, 2.24) is 4.90 Å². The van der Waals surface area contributed by atoms with Gasteiger partial charge in [0.1, 0.15) is 0 Å². The highest BCUT2D eigenvalue weighted by molar-refractivity contribution is 9.11. The number of aryl methyl sites for hydroxylation is 1. The van der Waals surface area contributed by atoms with Crippen molar-refractivity contribution in [3.05, 3.63) is 68.1 Å². The molecule has 0 spiro atoms. The number of fused-ring (bicyclic) bond motifs is 1. The standard InChI is InChI=1S/C17H15Br2NO/c1-20(16-7-6-11-4-2-3-5-15(11)16)17(21)12-8-13(18)10-14(19)9-12/h2-5,8-10,16H,6-7H2,1H3. The van der Waals surface area contributed by atoms with E-state index in [1.807, 2.05) is 36.2 Å². The number of carbonyl (C=O) groups is 1. The predicted octanol–water partition coefficient (Wildman–Crippen LogP) is 4.97. The molecule has 21 heavy (non-hydrogen) atoms. The highest BCUT2D eigenvalue weighted by Gasteiger charge is 2.28. The molecule has 2 aromatic carbocycles. The fraction of sp³-hybridized carbons (Fsp3) is 0.235. The molecule has 1 aliphatic rings. The summed E-state index contributed by atoms with van der Waals surface area (Å²) in [6.07, 6.45) is 2.04. The van der Waals surface area contributed by atoms with Crippen LogP contribution in [0.3, 0.4) is 0 Å². The maximum atomic E-state index is 12.7. The third-order valence-electron chi connectivity index (χ3n) is 4.00. The average molecular weight is 409 g/mol. The summed E-state index contributed by atoms with van der Waals surface area (Å²) in [6, 6.07) is 14.2. The Morgan fingerprint density at radius 2 is 1.81 bits per heavy atom. The molecule has 0 aromatic heterocycles. The SMILES string of the molecule is CN(C(=O)c1cc(Br)cc(Br)c1)C1CCc2ccccc21. The van der Waals surface area contributed by atoms with Gasteiger partial charge >= 0.3 is 0 Å². The summed E-state index contributed by atoms with van der Waals surface area (Å²) in [5.74, 6) is 0.0544. The van der Waals surface area contributed by atoms with Crippen LogP contribution in [-0.4, -0.2) is 17.9 Å². The molecule has 0 aliphatic heterocycles. The van der Waals surface area contributed by atoms with Crippen molar-refractivity contribution in [3.8, 4) is 0 Å². The molecule has 0 heterocycles. The Kier molecular flexibility index (Phi) is 4.18. The first-order chi connectivity index (χ1) is 10.1. The van der Waals surface area contributed by atoms with E-state index in [1.165, 1.54) is 11.1 Å². The van der Waals surface area contributed by atoms with E-state index in [9.17, 15) is 4.79 Å². The molecular weight excluding hydrogens is 394 g/mol. The molecule has 3 rings (SSSR count). The third-order valence-corrected chi connectivity index (χ3v) is 4.91. The fourth-order valence-electron chi connectivity index (χ4n) is 2.96. The van der Waals surface area contributed by atoms with Gasteiger partial charge in [0, 0.05) is 21.6 Å². The minimum atomic E-state index is 0.0544. The van der Waals surface area contributed by atoms with Crippen LogP contribution in [0.15, 0.2) is 51.4 Å². The molecule has 1 aliphatic carbocycles. The van der Waals surface area contributed by atoms with Gasteiger partial charge in [0.25, 0.3) is 5.91 Å². The number of nitrogens with zero attached hydrogens (tertiary/aromatic N) is 1. The molecule has 0 bridgehead atoms. The first-order valence-electron chi connectivity index (χ1n) is 6.87. The molecule has 4 heteroatoms. The highest BCUT2D eigenvalue weighted by Crippen LogP contribution is 2.35. The van der Waals surface area contributed by atoms with Crippen LogP contribution in [-0.2, 0) is 6.42 Å². The van der Waals surface area contributed by atoms with Gasteiger partial charge in [0.15, 0.2) is 0 Å². The number of rotatable bonds is 2. The summed E-state index contributed by atoms with van der Waals surface area (Å²) < 4.78 is 1.81. The predicted molar refractivity (Wildman–Crippen MR) is 91.4 cm³/mol. The Morgan fingerprint density at radius 1 is 1.14 bits per heavy atom. The monoisotopic (exact) mass is 407 g/mol. The topological polar surface area (TPSA) is 20.3 Å². The minimum Gasteiger partial charge on any atom is -0.335 e. The largest absolute Gasteiger partial charge is 0.335 e. The third kappa shape index (κ3) is 2.92. The zero-order valence-electron chi connectivity index (χ0n) is 11.6. The Labute approximate surface area is 141 Å². The Bertz CT molecular complexity index is 679. The number of benzene rings is 2. The quantitative estimate of drug-likeness (QED) is 0.686. The summed E-state index contributed by atoms with van der Waals surface area (Å²) in [5.41, 5.74) is 3.34. The maximum Gasteiger partial charge on any atom is 0.254 e. The second kappa shape index (κ2) is 5.93. The first kappa shape index (κ1) is 14.8. The lowest BCUT2D eigenvalue weighted by atomic mass is 10.1. The van der Waals surface area contributed by atoms with Crippen molar-refractivity contribution in [3.63, 3.8) is 0 Å². The van der Waals surface area contributed by atoms with E-state index in [0.717, 1.165) is 21.8 Å². The van der Waals surface area contributed by atoms with Crippen LogP contribution in [0.25, 0.3) is 0 Å². The molecule has 1 unspecified atom stereocenters. The van der Waals surface area contributed by atoms with E-state index in [1.54, 1.807) is 0 Å². The van der Waals surface area contributed by atoms with Crippen LogP contribution < -0.4 is 0 Å². The lowest BCUT2D eigenvalue weighted by Gasteiger charge is -2.25. The molecule has 2 aromatic rings. The smallest absolute Gasteiger partial charge is 0.254 e. The second-order valence-electron chi connectivity index (χ2n) is 5.33. The molecule has 108 valence electrons. The zero-order chi connectivity index (χ0) is 15.0. The zero-order valence-corrected chi connectivity index (χ0v) is 14.8. The summed E-state index contributed by atoms with van der Waals surface area (Å²) in [5, 5.41) is 0. The van der Waals surface area contributed by atoms with Crippen molar-refractivity contribution < 1.29 is 4.79 Å². The van der Waals surface area contributed by atoms with Crippen molar-refractivity contribution >= 4 is 37.8 Å². The number of amides is 1. The van der Waals surface area contributed by atoms with E-state index in [0.29, 0.717) is 5.56 Å². The molecule has 0 radical (unpaired) electrons. The number of hydrogen-bond donors (Lipinski definition) is 0. The molecular formula is C17H15Br2NO. The van der Waals surface area contributed by atoms with Gasteiger partial charge in [-0.1, -0.05) is 56.1 Å². The van der Waals surface area contributed by atoms with Gasteiger partial charge in [-0.15, -0.1) is 0 Å². The maximum absolute atomic E-state index is 12.7. The lowest BCUT2D eigenvalue weighted by Crippen LogP contribution is -2.30. The van der Waals surface area contributed by atoms with Gasteiger partial charge in [-0.2, -0.15) is 0 Å². The molecule has 0 saturated carbocycles. The van der Waals surface area contributed by atoms with Gasteiger partial charge in [0.05, 0.1) is 6.04 Å².